The zero-order valence-corrected chi connectivity index (χ0v) is 10.2. The van der Waals surface area contributed by atoms with E-state index in [0.29, 0.717) is 6.42 Å². The molecule has 0 amide bonds. The number of hydrogen-bond donors (Lipinski definition) is 1. The number of ether oxygens (including phenoxy) is 1. The van der Waals surface area contributed by atoms with E-state index in [0.717, 1.165) is 19.3 Å². The van der Waals surface area contributed by atoms with Crippen LogP contribution in [0.4, 0.5) is 0 Å². The lowest BCUT2D eigenvalue weighted by Crippen LogP contribution is -2.23. The highest BCUT2D eigenvalue weighted by atomic mass is 16.6. The van der Waals surface area contributed by atoms with E-state index in [-0.39, 0.29) is 11.6 Å². The molecule has 2 N–H and O–H groups in total. The first-order valence-electron chi connectivity index (χ1n) is 5.25. The lowest BCUT2D eigenvalue weighted by Gasteiger charge is -2.19. The Kier molecular flexibility index (Phi) is 10.2. The third-order valence-corrected chi connectivity index (χ3v) is 1.40. The molecule has 0 atom stereocenters. The molecule has 0 saturated heterocycles. The molecule has 14 heavy (non-hydrogen) atoms. The summed E-state index contributed by atoms with van der Waals surface area (Å²) in [5, 5.41) is 0. The van der Waals surface area contributed by atoms with E-state index < -0.39 is 0 Å². The van der Waals surface area contributed by atoms with Gasteiger partial charge in [0.1, 0.15) is 5.60 Å². The highest BCUT2D eigenvalue weighted by Gasteiger charge is 2.15. The molecule has 0 unspecified atom stereocenters. The van der Waals surface area contributed by atoms with Crippen molar-refractivity contribution in [2.75, 3.05) is 7.05 Å². The second kappa shape index (κ2) is 9.00. The lowest BCUT2D eigenvalue weighted by molar-refractivity contribution is -0.154. The molecule has 0 radical (unpaired) electrons. The number of esters is 1. The van der Waals surface area contributed by atoms with Crippen molar-refractivity contribution in [3.8, 4) is 0 Å². The van der Waals surface area contributed by atoms with Gasteiger partial charge in [0, 0.05) is 6.42 Å². The van der Waals surface area contributed by atoms with Gasteiger partial charge in [0.05, 0.1) is 0 Å². The Morgan fingerprint density at radius 1 is 1.21 bits per heavy atom. The van der Waals surface area contributed by atoms with Crippen LogP contribution in [-0.4, -0.2) is 18.6 Å². The maximum atomic E-state index is 11.1. The van der Waals surface area contributed by atoms with Crippen LogP contribution in [0.15, 0.2) is 0 Å². The van der Waals surface area contributed by atoms with Crippen molar-refractivity contribution in [2.45, 2.75) is 59.0 Å². The summed E-state index contributed by atoms with van der Waals surface area (Å²) in [6, 6.07) is 0. The van der Waals surface area contributed by atoms with Crippen LogP contribution in [0.25, 0.3) is 0 Å². The second-order valence-corrected chi connectivity index (χ2v) is 4.04. The van der Waals surface area contributed by atoms with Crippen LogP contribution in [0.1, 0.15) is 53.4 Å². The molecular weight excluding hydrogens is 178 g/mol. The van der Waals surface area contributed by atoms with Gasteiger partial charge >= 0.3 is 5.97 Å². The van der Waals surface area contributed by atoms with Gasteiger partial charge in [0.2, 0.25) is 0 Å². The predicted molar refractivity (Wildman–Crippen MR) is 60.1 cm³/mol. The molecule has 0 aromatic carbocycles. The Morgan fingerprint density at radius 2 is 1.71 bits per heavy atom. The molecular formula is C11H25NO2. The number of rotatable bonds is 4. The Labute approximate surface area is 88.0 Å². The average Bonchev–Trinajstić information content (AvgIpc) is 2.05. The maximum absolute atomic E-state index is 11.1. The van der Waals surface area contributed by atoms with E-state index in [9.17, 15) is 4.79 Å². The highest BCUT2D eigenvalue weighted by Crippen LogP contribution is 2.10. The molecule has 86 valence electrons. The Balaban J connectivity index is 0. The largest absolute Gasteiger partial charge is 0.460 e. The Bertz CT molecular complexity index is 139. The third kappa shape index (κ3) is 14.0. The molecule has 0 saturated carbocycles. The van der Waals surface area contributed by atoms with Crippen LogP contribution in [0.3, 0.4) is 0 Å². The Hall–Kier alpha value is -0.570. The fourth-order valence-electron chi connectivity index (χ4n) is 0.912. The van der Waals surface area contributed by atoms with E-state index in [1.165, 1.54) is 7.05 Å². The molecule has 0 bridgehead atoms. The summed E-state index contributed by atoms with van der Waals surface area (Å²) in [6.45, 7) is 7.80. The van der Waals surface area contributed by atoms with Crippen molar-refractivity contribution in [3.63, 3.8) is 0 Å². The van der Waals surface area contributed by atoms with Crippen LogP contribution >= 0.6 is 0 Å². The first kappa shape index (κ1) is 15.9. The van der Waals surface area contributed by atoms with Gasteiger partial charge in [-0.2, -0.15) is 0 Å². The monoisotopic (exact) mass is 203 g/mol. The van der Waals surface area contributed by atoms with Gasteiger partial charge in [0.15, 0.2) is 0 Å². The SMILES string of the molecule is CCCCCC(=O)OC(C)(C)C.CN. The van der Waals surface area contributed by atoms with Crippen LogP contribution in [0, 0.1) is 0 Å². The van der Waals surface area contributed by atoms with E-state index in [1.807, 2.05) is 20.8 Å². The van der Waals surface area contributed by atoms with Crippen molar-refractivity contribution < 1.29 is 9.53 Å². The summed E-state index contributed by atoms with van der Waals surface area (Å²) in [5.74, 6) is -0.0732. The molecule has 3 nitrogen and oxygen atoms in total. The summed E-state index contributed by atoms with van der Waals surface area (Å²) in [5.41, 5.74) is 4.17. The fourth-order valence-corrected chi connectivity index (χ4v) is 0.912. The van der Waals surface area contributed by atoms with Crippen molar-refractivity contribution in [1.29, 1.82) is 0 Å². The van der Waals surface area contributed by atoms with E-state index >= 15 is 0 Å². The number of carbonyl (C=O) groups is 1. The first-order chi connectivity index (χ1) is 6.45. The summed E-state index contributed by atoms with van der Waals surface area (Å²) >= 11 is 0. The second-order valence-electron chi connectivity index (χ2n) is 4.04. The van der Waals surface area contributed by atoms with E-state index in [4.69, 9.17) is 4.74 Å². The standard InChI is InChI=1S/C10H20O2.CH5N/c1-5-6-7-8-9(11)12-10(2,3)4;1-2/h5-8H2,1-4H3;2H2,1H3. The molecule has 0 fully saturated rings. The molecule has 0 aliphatic heterocycles. The minimum Gasteiger partial charge on any atom is -0.460 e. The molecule has 0 rings (SSSR count). The van der Waals surface area contributed by atoms with Crippen LogP contribution in [0.2, 0.25) is 0 Å². The van der Waals surface area contributed by atoms with Crippen molar-refractivity contribution in [3.05, 3.63) is 0 Å². The highest BCUT2D eigenvalue weighted by molar-refractivity contribution is 5.69. The van der Waals surface area contributed by atoms with Gasteiger partial charge in [-0.1, -0.05) is 19.8 Å². The predicted octanol–water partition coefficient (Wildman–Crippen LogP) is 2.48. The summed E-state index contributed by atoms with van der Waals surface area (Å²) in [7, 11) is 1.50. The molecule has 0 aliphatic rings. The molecule has 3 heteroatoms. The lowest BCUT2D eigenvalue weighted by atomic mass is 10.2. The van der Waals surface area contributed by atoms with Gasteiger partial charge < -0.3 is 10.5 Å². The van der Waals surface area contributed by atoms with Crippen molar-refractivity contribution in [1.82, 2.24) is 0 Å². The molecule has 0 aliphatic carbocycles. The summed E-state index contributed by atoms with van der Waals surface area (Å²) in [6.07, 6.45) is 3.76. The molecule has 0 spiro atoms. The molecule has 0 aromatic rings. The fraction of sp³-hybridized carbons (Fsp3) is 0.909. The summed E-state index contributed by atoms with van der Waals surface area (Å²) < 4.78 is 5.15. The normalized spacial score (nSPS) is 10.1. The average molecular weight is 203 g/mol. The molecule has 0 heterocycles. The topological polar surface area (TPSA) is 52.3 Å². The zero-order chi connectivity index (χ0) is 11.6. The van der Waals surface area contributed by atoms with Gasteiger partial charge in [-0.25, -0.2) is 0 Å². The van der Waals surface area contributed by atoms with E-state index in [1.54, 1.807) is 0 Å². The van der Waals surface area contributed by atoms with Gasteiger partial charge in [-0.15, -0.1) is 0 Å². The first-order valence-corrected chi connectivity index (χ1v) is 5.25. The molecule has 0 aromatic heterocycles. The van der Waals surface area contributed by atoms with Crippen LogP contribution in [-0.2, 0) is 9.53 Å². The zero-order valence-electron chi connectivity index (χ0n) is 10.2. The van der Waals surface area contributed by atoms with Gasteiger partial charge in [-0.3, -0.25) is 4.79 Å². The van der Waals surface area contributed by atoms with Crippen molar-refractivity contribution >= 4 is 5.97 Å². The maximum Gasteiger partial charge on any atom is 0.306 e. The minimum atomic E-state index is -0.330. The Morgan fingerprint density at radius 3 is 2.07 bits per heavy atom. The van der Waals surface area contributed by atoms with Crippen molar-refractivity contribution in [2.24, 2.45) is 5.73 Å². The minimum absolute atomic E-state index is 0.0732. The van der Waals surface area contributed by atoms with Gasteiger partial charge in [-0.05, 0) is 34.2 Å². The number of hydrogen-bond acceptors (Lipinski definition) is 3. The van der Waals surface area contributed by atoms with Crippen LogP contribution < -0.4 is 5.73 Å². The quantitative estimate of drug-likeness (QED) is 0.564. The van der Waals surface area contributed by atoms with Gasteiger partial charge in [0.25, 0.3) is 0 Å². The number of carbonyl (C=O) groups excluding carboxylic acids is 1. The van der Waals surface area contributed by atoms with Crippen LogP contribution in [0.5, 0.6) is 0 Å². The smallest absolute Gasteiger partial charge is 0.306 e. The third-order valence-electron chi connectivity index (χ3n) is 1.40. The van der Waals surface area contributed by atoms with E-state index in [2.05, 4.69) is 12.7 Å². The number of nitrogens with two attached hydrogens (primary N) is 1. The number of unbranched alkanes of at least 4 members (excludes halogenated alkanes) is 2. The summed E-state index contributed by atoms with van der Waals surface area (Å²) in [4.78, 5) is 11.1.